The second kappa shape index (κ2) is 5.74. The Kier molecular flexibility index (Phi) is 4.24. The molecule has 1 aromatic carbocycles. The lowest BCUT2D eigenvalue weighted by molar-refractivity contribution is -0.143. The lowest BCUT2D eigenvalue weighted by Gasteiger charge is -2.23. The number of halogens is 1. The first-order valence-electron chi connectivity index (χ1n) is 6.25. The van der Waals surface area contributed by atoms with E-state index in [1.807, 2.05) is 31.2 Å². The molecule has 1 N–H and O–H groups in total. The van der Waals surface area contributed by atoms with Gasteiger partial charge in [-0.25, -0.2) is 0 Å². The highest BCUT2D eigenvalue weighted by molar-refractivity contribution is 9.10. The van der Waals surface area contributed by atoms with E-state index in [-0.39, 0.29) is 11.9 Å². The van der Waals surface area contributed by atoms with Gasteiger partial charge in [-0.3, -0.25) is 9.59 Å². The molecule has 2 atom stereocenters. The Morgan fingerprint density at radius 1 is 1.47 bits per heavy atom. The predicted molar refractivity (Wildman–Crippen MR) is 74.8 cm³/mol. The number of aliphatic carboxylic acids is 1. The Morgan fingerprint density at radius 3 is 2.79 bits per heavy atom. The van der Waals surface area contributed by atoms with Gasteiger partial charge in [0.2, 0.25) is 5.91 Å². The van der Waals surface area contributed by atoms with Crippen molar-refractivity contribution in [2.45, 2.75) is 25.8 Å². The van der Waals surface area contributed by atoms with Crippen molar-refractivity contribution in [3.63, 3.8) is 0 Å². The molecule has 0 spiro atoms. The van der Waals surface area contributed by atoms with E-state index in [1.54, 1.807) is 4.90 Å². The van der Waals surface area contributed by atoms with Gasteiger partial charge in [-0.1, -0.05) is 28.1 Å². The van der Waals surface area contributed by atoms with Gasteiger partial charge in [0.05, 0.1) is 12.3 Å². The van der Waals surface area contributed by atoms with Crippen LogP contribution in [-0.4, -0.2) is 34.5 Å². The van der Waals surface area contributed by atoms with Crippen molar-refractivity contribution in [1.29, 1.82) is 0 Å². The van der Waals surface area contributed by atoms with E-state index in [0.717, 1.165) is 10.0 Å². The third-order valence-electron chi connectivity index (χ3n) is 3.64. The van der Waals surface area contributed by atoms with Crippen molar-refractivity contribution in [2.75, 3.05) is 6.54 Å². The normalized spacial score (nSPS) is 22.5. The highest BCUT2D eigenvalue weighted by Gasteiger charge is 2.37. The van der Waals surface area contributed by atoms with Gasteiger partial charge in [0.25, 0.3) is 0 Å². The molecule has 2 unspecified atom stereocenters. The molecule has 0 bridgehead atoms. The van der Waals surface area contributed by atoms with Gasteiger partial charge in [-0.2, -0.15) is 0 Å². The molecule has 1 aliphatic heterocycles. The van der Waals surface area contributed by atoms with Crippen molar-refractivity contribution >= 4 is 27.8 Å². The zero-order valence-electron chi connectivity index (χ0n) is 10.7. The lowest BCUT2D eigenvalue weighted by Crippen LogP contribution is -2.38. The Morgan fingerprint density at radius 2 is 2.21 bits per heavy atom. The summed E-state index contributed by atoms with van der Waals surface area (Å²) in [6.45, 7) is 2.34. The fraction of sp³-hybridized carbons (Fsp3) is 0.429. The number of amides is 1. The maximum atomic E-state index is 12.2. The number of carboxylic acids is 1. The van der Waals surface area contributed by atoms with Crippen molar-refractivity contribution in [1.82, 2.24) is 4.90 Å². The summed E-state index contributed by atoms with van der Waals surface area (Å²) in [5.41, 5.74) is 0.936. The average molecular weight is 326 g/mol. The summed E-state index contributed by atoms with van der Waals surface area (Å²) in [6, 6.07) is 7.38. The Labute approximate surface area is 120 Å². The van der Waals surface area contributed by atoms with E-state index in [1.165, 1.54) is 0 Å². The van der Waals surface area contributed by atoms with Crippen molar-refractivity contribution < 1.29 is 14.7 Å². The highest BCUT2D eigenvalue weighted by atomic mass is 79.9. The van der Waals surface area contributed by atoms with Crippen LogP contribution in [0.25, 0.3) is 0 Å². The summed E-state index contributed by atoms with van der Waals surface area (Å²) in [5, 5.41) is 9.07. The van der Waals surface area contributed by atoms with Crippen LogP contribution in [0.4, 0.5) is 0 Å². The minimum atomic E-state index is -0.815. The minimum absolute atomic E-state index is 0.00523. The fourth-order valence-corrected chi connectivity index (χ4v) is 2.99. The molecular weight excluding hydrogens is 310 g/mol. The third kappa shape index (κ3) is 3.15. The number of rotatable bonds is 3. The second-order valence-corrected chi connectivity index (χ2v) is 5.78. The Hall–Kier alpha value is -1.36. The second-order valence-electron chi connectivity index (χ2n) is 4.87. The van der Waals surface area contributed by atoms with Crippen molar-refractivity contribution in [2.24, 2.45) is 5.92 Å². The molecule has 0 aromatic heterocycles. The van der Waals surface area contributed by atoms with Crippen molar-refractivity contribution in [3.05, 3.63) is 34.3 Å². The average Bonchev–Trinajstić information content (AvgIpc) is 2.71. The summed E-state index contributed by atoms with van der Waals surface area (Å²) in [6.07, 6.45) is 0.858. The molecule has 1 heterocycles. The van der Waals surface area contributed by atoms with E-state index in [9.17, 15) is 9.59 Å². The van der Waals surface area contributed by atoms with Crippen LogP contribution in [0.1, 0.15) is 18.9 Å². The maximum absolute atomic E-state index is 12.2. The number of carbonyl (C=O) groups excluding carboxylic acids is 1. The smallest absolute Gasteiger partial charge is 0.308 e. The summed E-state index contributed by atoms with van der Waals surface area (Å²) in [5.74, 6) is -1.26. The fourth-order valence-electron chi connectivity index (χ4n) is 2.54. The molecule has 2 rings (SSSR count). The number of hydrogen-bond acceptors (Lipinski definition) is 2. The number of carbonyl (C=O) groups is 2. The molecule has 1 saturated heterocycles. The van der Waals surface area contributed by atoms with Crippen LogP contribution >= 0.6 is 15.9 Å². The van der Waals surface area contributed by atoms with E-state index < -0.39 is 11.9 Å². The van der Waals surface area contributed by atoms with Crippen LogP contribution in [0, 0.1) is 5.92 Å². The molecule has 1 amide bonds. The number of hydrogen-bond donors (Lipinski definition) is 1. The van der Waals surface area contributed by atoms with Crippen LogP contribution in [0.5, 0.6) is 0 Å². The number of likely N-dealkylation sites (tertiary alicyclic amines) is 1. The molecule has 1 aliphatic rings. The summed E-state index contributed by atoms with van der Waals surface area (Å²) >= 11 is 3.37. The van der Waals surface area contributed by atoms with Crippen LogP contribution < -0.4 is 0 Å². The predicted octanol–water partition coefficient (Wildman–Crippen LogP) is 2.31. The van der Waals surface area contributed by atoms with E-state index in [4.69, 9.17) is 5.11 Å². The van der Waals surface area contributed by atoms with Crippen LogP contribution in [-0.2, 0) is 16.0 Å². The number of carboxylic acid groups (broad SMARTS) is 1. The first-order chi connectivity index (χ1) is 8.99. The summed E-state index contributed by atoms with van der Waals surface area (Å²) < 4.78 is 0.940. The minimum Gasteiger partial charge on any atom is -0.481 e. The highest BCUT2D eigenvalue weighted by Crippen LogP contribution is 2.25. The van der Waals surface area contributed by atoms with E-state index in [0.29, 0.717) is 19.4 Å². The van der Waals surface area contributed by atoms with Crippen LogP contribution in [0.2, 0.25) is 0 Å². The Balaban J connectivity index is 2.03. The van der Waals surface area contributed by atoms with Gasteiger partial charge in [-0.15, -0.1) is 0 Å². The molecule has 0 radical (unpaired) electrons. The molecule has 19 heavy (non-hydrogen) atoms. The first-order valence-corrected chi connectivity index (χ1v) is 7.05. The molecular formula is C14H16BrNO3. The zero-order chi connectivity index (χ0) is 14.0. The summed E-state index contributed by atoms with van der Waals surface area (Å²) in [7, 11) is 0. The quantitative estimate of drug-likeness (QED) is 0.927. The molecule has 1 fully saturated rings. The summed E-state index contributed by atoms with van der Waals surface area (Å²) in [4.78, 5) is 24.9. The van der Waals surface area contributed by atoms with Gasteiger partial charge >= 0.3 is 5.97 Å². The van der Waals surface area contributed by atoms with E-state index in [2.05, 4.69) is 15.9 Å². The Bertz CT molecular complexity index is 503. The van der Waals surface area contributed by atoms with Gasteiger partial charge < -0.3 is 10.0 Å². The largest absolute Gasteiger partial charge is 0.481 e. The van der Waals surface area contributed by atoms with Crippen molar-refractivity contribution in [3.8, 4) is 0 Å². The molecule has 0 aliphatic carbocycles. The van der Waals surface area contributed by atoms with Crippen LogP contribution in [0.3, 0.4) is 0 Å². The molecule has 5 heteroatoms. The maximum Gasteiger partial charge on any atom is 0.308 e. The van der Waals surface area contributed by atoms with Crippen LogP contribution in [0.15, 0.2) is 28.7 Å². The molecule has 0 saturated carbocycles. The van der Waals surface area contributed by atoms with Gasteiger partial charge in [0.1, 0.15) is 0 Å². The lowest BCUT2D eigenvalue weighted by atomic mass is 10.0. The third-order valence-corrected chi connectivity index (χ3v) is 4.13. The molecule has 102 valence electrons. The number of benzene rings is 1. The van der Waals surface area contributed by atoms with E-state index >= 15 is 0 Å². The molecule has 1 aromatic rings. The topological polar surface area (TPSA) is 57.6 Å². The standard InChI is InChI=1S/C14H16BrNO3/c1-9-12(14(18)19)5-6-16(9)13(17)8-10-3-2-4-11(15)7-10/h2-4,7,9,12H,5-6,8H2,1H3,(H,18,19). The zero-order valence-corrected chi connectivity index (χ0v) is 12.3. The first kappa shape index (κ1) is 14.1. The van der Waals surface area contributed by atoms with Gasteiger partial charge in [0.15, 0.2) is 0 Å². The monoisotopic (exact) mass is 325 g/mol. The van der Waals surface area contributed by atoms with Gasteiger partial charge in [0, 0.05) is 17.1 Å². The SMILES string of the molecule is CC1C(C(=O)O)CCN1C(=O)Cc1cccc(Br)c1. The molecule has 4 nitrogen and oxygen atoms in total. The number of nitrogens with zero attached hydrogens (tertiary/aromatic N) is 1. The van der Waals surface area contributed by atoms with Gasteiger partial charge in [-0.05, 0) is 31.0 Å².